The Labute approximate surface area is 146 Å². The van der Waals surface area contributed by atoms with Crippen molar-refractivity contribution >= 4 is 22.9 Å². The van der Waals surface area contributed by atoms with Gasteiger partial charge in [0.15, 0.2) is 0 Å². The second-order valence-corrected chi connectivity index (χ2v) is 7.20. The zero-order valence-corrected chi connectivity index (χ0v) is 15.1. The molecule has 1 aromatic heterocycles. The van der Waals surface area contributed by atoms with Crippen LogP contribution in [-0.2, 0) is 4.79 Å². The monoisotopic (exact) mass is 336 g/mol. The molecule has 0 unspecified atom stereocenters. The lowest BCUT2D eigenvalue weighted by molar-refractivity contribution is -0.114. The van der Waals surface area contributed by atoms with Crippen molar-refractivity contribution in [3.63, 3.8) is 0 Å². The minimum atomic E-state index is -0.0648. The van der Waals surface area contributed by atoms with E-state index in [4.69, 9.17) is 4.98 Å². The van der Waals surface area contributed by atoms with Crippen molar-refractivity contribution in [3.05, 3.63) is 58.5 Å². The molecule has 0 fully saturated rings. The molecule has 0 saturated heterocycles. The Kier molecular flexibility index (Phi) is 4.49. The van der Waals surface area contributed by atoms with E-state index in [9.17, 15) is 4.79 Å². The fourth-order valence-electron chi connectivity index (χ4n) is 2.66. The zero-order valence-electron chi connectivity index (χ0n) is 14.3. The third-order valence-corrected chi connectivity index (χ3v) is 4.92. The number of nitrogens with zero attached hydrogens (tertiary/aromatic N) is 1. The predicted molar refractivity (Wildman–Crippen MR) is 102 cm³/mol. The van der Waals surface area contributed by atoms with Crippen molar-refractivity contribution in [3.8, 4) is 21.8 Å². The van der Waals surface area contributed by atoms with Gasteiger partial charge in [0.1, 0.15) is 5.01 Å². The van der Waals surface area contributed by atoms with E-state index in [0.29, 0.717) is 0 Å². The summed E-state index contributed by atoms with van der Waals surface area (Å²) >= 11 is 1.70. The van der Waals surface area contributed by atoms with E-state index >= 15 is 0 Å². The van der Waals surface area contributed by atoms with Gasteiger partial charge in [-0.05, 0) is 56.7 Å². The van der Waals surface area contributed by atoms with Crippen LogP contribution in [0.15, 0.2) is 42.5 Å². The Morgan fingerprint density at radius 2 is 1.75 bits per heavy atom. The Bertz CT molecular complexity index is 895. The maximum atomic E-state index is 11.1. The van der Waals surface area contributed by atoms with Crippen LogP contribution in [0.1, 0.15) is 22.9 Å². The first-order valence-electron chi connectivity index (χ1n) is 7.87. The molecule has 0 aliphatic heterocycles. The zero-order chi connectivity index (χ0) is 17.3. The number of amides is 1. The smallest absolute Gasteiger partial charge is 0.221 e. The molecule has 0 radical (unpaired) electrons. The first-order chi connectivity index (χ1) is 11.4. The Balaban J connectivity index is 1.97. The van der Waals surface area contributed by atoms with Gasteiger partial charge in [-0.15, -0.1) is 11.3 Å². The van der Waals surface area contributed by atoms with Crippen molar-refractivity contribution in [1.82, 2.24) is 4.98 Å². The number of benzene rings is 2. The van der Waals surface area contributed by atoms with E-state index < -0.39 is 0 Å². The standard InChI is InChI=1S/C20H20N2OS/c1-12-5-6-13(2)18(11-12)19-14(3)24-20(22-19)16-7-9-17(10-8-16)21-15(4)23/h5-11H,1-4H3,(H,21,23). The normalized spacial score (nSPS) is 10.7. The molecule has 0 saturated carbocycles. The first kappa shape index (κ1) is 16.4. The van der Waals surface area contributed by atoms with E-state index in [0.717, 1.165) is 22.0 Å². The molecule has 3 nitrogen and oxygen atoms in total. The Morgan fingerprint density at radius 3 is 2.42 bits per heavy atom. The largest absolute Gasteiger partial charge is 0.326 e. The molecule has 0 atom stereocenters. The highest BCUT2D eigenvalue weighted by Crippen LogP contribution is 2.35. The quantitative estimate of drug-likeness (QED) is 0.699. The Morgan fingerprint density at radius 1 is 1.04 bits per heavy atom. The third kappa shape index (κ3) is 3.39. The highest BCUT2D eigenvalue weighted by molar-refractivity contribution is 7.15. The van der Waals surface area contributed by atoms with Gasteiger partial charge >= 0.3 is 0 Å². The number of rotatable bonds is 3. The van der Waals surface area contributed by atoms with Crippen molar-refractivity contribution < 1.29 is 4.79 Å². The number of carbonyl (C=O) groups excluding carboxylic acids is 1. The molecule has 0 spiro atoms. The lowest BCUT2D eigenvalue weighted by Crippen LogP contribution is -2.05. The fourth-order valence-corrected chi connectivity index (χ4v) is 3.59. The van der Waals surface area contributed by atoms with Crippen molar-refractivity contribution in [2.24, 2.45) is 0 Å². The third-order valence-electron chi connectivity index (χ3n) is 3.90. The second kappa shape index (κ2) is 6.57. The van der Waals surface area contributed by atoms with Gasteiger partial charge in [0.2, 0.25) is 5.91 Å². The summed E-state index contributed by atoms with van der Waals surface area (Å²) in [7, 11) is 0. The number of carbonyl (C=O) groups is 1. The van der Waals surface area contributed by atoms with Gasteiger partial charge in [-0.1, -0.05) is 17.7 Å². The van der Waals surface area contributed by atoms with Gasteiger partial charge in [-0.2, -0.15) is 0 Å². The van der Waals surface area contributed by atoms with Crippen molar-refractivity contribution in [2.75, 3.05) is 5.32 Å². The summed E-state index contributed by atoms with van der Waals surface area (Å²) in [5, 5.41) is 3.78. The summed E-state index contributed by atoms with van der Waals surface area (Å²) in [5.74, 6) is -0.0648. The van der Waals surface area contributed by atoms with E-state index in [1.54, 1.807) is 11.3 Å². The second-order valence-electron chi connectivity index (χ2n) is 6.00. The minimum absolute atomic E-state index is 0.0648. The van der Waals surface area contributed by atoms with Crippen LogP contribution in [0.4, 0.5) is 5.69 Å². The first-order valence-corrected chi connectivity index (χ1v) is 8.69. The van der Waals surface area contributed by atoms with Crippen LogP contribution in [0.2, 0.25) is 0 Å². The van der Waals surface area contributed by atoms with E-state index in [2.05, 4.69) is 44.3 Å². The highest BCUT2D eigenvalue weighted by atomic mass is 32.1. The molecule has 0 aliphatic carbocycles. The molecule has 2 aromatic carbocycles. The number of hydrogen-bond donors (Lipinski definition) is 1. The van der Waals surface area contributed by atoms with E-state index in [1.165, 1.54) is 28.5 Å². The van der Waals surface area contributed by atoms with Crippen molar-refractivity contribution in [1.29, 1.82) is 0 Å². The molecule has 24 heavy (non-hydrogen) atoms. The fraction of sp³-hybridized carbons (Fsp3) is 0.200. The number of nitrogens with one attached hydrogen (secondary N) is 1. The topological polar surface area (TPSA) is 42.0 Å². The molecular weight excluding hydrogens is 316 g/mol. The molecular formula is C20H20N2OS. The Hall–Kier alpha value is -2.46. The maximum absolute atomic E-state index is 11.1. The van der Waals surface area contributed by atoms with Gasteiger partial charge in [0, 0.05) is 28.6 Å². The van der Waals surface area contributed by atoms with Gasteiger partial charge in [-0.25, -0.2) is 4.98 Å². The van der Waals surface area contributed by atoms with Crippen LogP contribution in [0, 0.1) is 20.8 Å². The van der Waals surface area contributed by atoms with Crippen LogP contribution in [0.3, 0.4) is 0 Å². The number of hydrogen-bond acceptors (Lipinski definition) is 3. The molecule has 122 valence electrons. The summed E-state index contributed by atoms with van der Waals surface area (Å²) in [6, 6.07) is 14.3. The predicted octanol–water partition coefficient (Wildman–Crippen LogP) is 5.36. The van der Waals surface area contributed by atoms with Gasteiger partial charge in [0.05, 0.1) is 5.69 Å². The van der Waals surface area contributed by atoms with Crippen LogP contribution >= 0.6 is 11.3 Å². The number of anilines is 1. The molecule has 0 aliphatic rings. The van der Waals surface area contributed by atoms with Crippen LogP contribution < -0.4 is 5.32 Å². The maximum Gasteiger partial charge on any atom is 0.221 e. The lowest BCUT2D eigenvalue weighted by Gasteiger charge is -2.05. The average Bonchev–Trinajstić information content (AvgIpc) is 2.91. The minimum Gasteiger partial charge on any atom is -0.326 e. The average molecular weight is 336 g/mol. The number of aromatic nitrogens is 1. The van der Waals surface area contributed by atoms with Gasteiger partial charge < -0.3 is 5.32 Å². The molecule has 3 aromatic rings. The summed E-state index contributed by atoms with van der Waals surface area (Å²) in [6.45, 7) is 7.85. The highest BCUT2D eigenvalue weighted by Gasteiger charge is 2.13. The lowest BCUT2D eigenvalue weighted by atomic mass is 10.0. The van der Waals surface area contributed by atoms with E-state index in [-0.39, 0.29) is 5.91 Å². The van der Waals surface area contributed by atoms with Crippen LogP contribution in [-0.4, -0.2) is 10.9 Å². The molecule has 1 amide bonds. The molecule has 4 heteroatoms. The molecule has 3 rings (SSSR count). The summed E-state index contributed by atoms with van der Waals surface area (Å²) in [4.78, 5) is 17.2. The van der Waals surface area contributed by atoms with Crippen LogP contribution in [0.5, 0.6) is 0 Å². The van der Waals surface area contributed by atoms with Crippen molar-refractivity contribution in [2.45, 2.75) is 27.7 Å². The van der Waals surface area contributed by atoms with Gasteiger partial charge in [-0.3, -0.25) is 4.79 Å². The number of thiazole rings is 1. The van der Waals surface area contributed by atoms with Crippen LogP contribution in [0.25, 0.3) is 21.8 Å². The number of aryl methyl sites for hydroxylation is 3. The summed E-state index contributed by atoms with van der Waals surface area (Å²) in [5.41, 5.74) is 6.60. The summed E-state index contributed by atoms with van der Waals surface area (Å²) < 4.78 is 0. The molecule has 1 N–H and O–H groups in total. The SMILES string of the molecule is CC(=O)Nc1ccc(-c2nc(-c3cc(C)ccc3C)c(C)s2)cc1. The molecule has 1 heterocycles. The summed E-state index contributed by atoms with van der Waals surface area (Å²) in [6.07, 6.45) is 0. The van der Waals surface area contributed by atoms with E-state index in [1.807, 2.05) is 24.3 Å². The molecule has 0 bridgehead atoms. The van der Waals surface area contributed by atoms with Gasteiger partial charge in [0.25, 0.3) is 0 Å².